The molecule has 0 radical (unpaired) electrons. The van der Waals surface area contributed by atoms with Crippen LogP contribution in [0.1, 0.15) is 11.1 Å². The molecule has 27 heavy (non-hydrogen) atoms. The van der Waals surface area contributed by atoms with Gasteiger partial charge in [0.15, 0.2) is 5.03 Å². The van der Waals surface area contributed by atoms with Gasteiger partial charge >= 0.3 is 0 Å². The van der Waals surface area contributed by atoms with E-state index < -0.39 is 5.03 Å². The largest absolute Gasteiger partial charge is 0.331 e. The number of rotatable bonds is 5. The average molecular weight is 405 g/mol. The van der Waals surface area contributed by atoms with Crippen LogP contribution in [0.5, 0.6) is 0 Å². The number of hydrogen-bond donors (Lipinski definition) is 1. The highest BCUT2D eigenvalue weighted by Crippen LogP contribution is 2.24. The van der Waals surface area contributed by atoms with Crippen LogP contribution in [0.15, 0.2) is 51.5 Å². The number of benzene rings is 1. The van der Waals surface area contributed by atoms with E-state index in [0.29, 0.717) is 24.8 Å². The van der Waals surface area contributed by atoms with Crippen molar-refractivity contribution in [3.8, 4) is 0 Å². The Balaban J connectivity index is 1.81. The van der Waals surface area contributed by atoms with E-state index >= 15 is 0 Å². The lowest BCUT2D eigenvalue weighted by atomic mass is 10.2. The molecule has 1 aromatic carbocycles. The number of thiol groups is 1. The van der Waals surface area contributed by atoms with Crippen LogP contribution in [-0.4, -0.2) is 45.2 Å². The molecule has 0 atom stereocenters. The maximum absolute atomic E-state index is 11.0. The zero-order valence-corrected chi connectivity index (χ0v) is 16.1. The fraction of sp³-hybridized carbons (Fsp3) is 0.235. The molecular weight excluding hydrogens is 388 g/mol. The molecule has 8 nitrogen and oxygen atoms in total. The molecule has 2 aromatic rings. The molecule has 2 heterocycles. The van der Waals surface area contributed by atoms with Gasteiger partial charge in [-0.15, -0.1) is 12.6 Å². The van der Waals surface area contributed by atoms with Crippen LogP contribution in [0.25, 0.3) is 0 Å². The van der Waals surface area contributed by atoms with Gasteiger partial charge in [-0.1, -0.05) is 23.7 Å². The second-order valence-corrected chi connectivity index (χ2v) is 6.78. The second-order valence-electron chi connectivity index (χ2n) is 5.91. The number of aromatic nitrogens is 1. The lowest BCUT2D eigenvalue weighted by molar-refractivity contribution is -0.486. The van der Waals surface area contributed by atoms with Crippen molar-refractivity contribution in [3.05, 3.63) is 62.9 Å². The molecule has 0 amide bonds. The third-order valence-electron chi connectivity index (χ3n) is 4.10. The summed E-state index contributed by atoms with van der Waals surface area (Å²) in [5, 5.41) is 14.2. The number of guanidine groups is 1. The molecule has 0 unspecified atom stereocenters. The first-order valence-corrected chi connectivity index (χ1v) is 8.94. The zero-order chi connectivity index (χ0) is 19.4. The van der Waals surface area contributed by atoms with Crippen LogP contribution in [0.3, 0.4) is 0 Å². The van der Waals surface area contributed by atoms with Crippen molar-refractivity contribution in [1.82, 2.24) is 14.8 Å². The van der Waals surface area contributed by atoms with Crippen LogP contribution in [0, 0.1) is 17.0 Å². The number of hydrogen-bond acceptors (Lipinski definition) is 5. The maximum Gasteiger partial charge on any atom is 0.279 e. The van der Waals surface area contributed by atoms with Gasteiger partial charge in [-0.3, -0.25) is 4.90 Å². The average Bonchev–Trinajstić information content (AvgIpc) is 2.99. The fourth-order valence-corrected chi connectivity index (χ4v) is 2.98. The highest BCUT2D eigenvalue weighted by molar-refractivity contribution is 7.80. The van der Waals surface area contributed by atoms with Gasteiger partial charge in [0.2, 0.25) is 0 Å². The van der Waals surface area contributed by atoms with Crippen molar-refractivity contribution in [2.75, 3.05) is 13.1 Å². The summed E-state index contributed by atoms with van der Waals surface area (Å²) in [6.07, 6.45) is 3.21. The molecule has 0 N–H and O–H groups in total. The summed E-state index contributed by atoms with van der Waals surface area (Å²) in [4.78, 5) is 23.8. The molecule has 1 fully saturated rings. The van der Waals surface area contributed by atoms with E-state index in [0.717, 1.165) is 21.7 Å². The summed E-state index contributed by atoms with van der Waals surface area (Å²) in [5.74, 6) is 0.235. The highest BCUT2D eigenvalue weighted by Gasteiger charge is 2.29. The standard InChI is InChI=1S/C17H17ClN6O2S/c1-12-14(3-2-4-15(12)27)20-11-23-8-7-22(17(23)21-24(25)26)10-13-5-6-16(18)19-9-13/h2-6,9,11,27H,7-8,10H2,1H3. The van der Waals surface area contributed by atoms with Gasteiger partial charge < -0.3 is 4.90 Å². The predicted molar refractivity (Wildman–Crippen MR) is 107 cm³/mol. The van der Waals surface area contributed by atoms with Gasteiger partial charge in [-0.25, -0.2) is 20.1 Å². The van der Waals surface area contributed by atoms with Crippen LogP contribution in [0.2, 0.25) is 5.15 Å². The molecule has 140 valence electrons. The molecule has 0 saturated carbocycles. The lowest BCUT2D eigenvalue weighted by Gasteiger charge is -2.18. The smallest absolute Gasteiger partial charge is 0.279 e. The van der Waals surface area contributed by atoms with E-state index in [2.05, 4.69) is 27.7 Å². The summed E-state index contributed by atoms with van der Waals surface area (Å²) in [6, 6.07) is 9.12. The minimum atomic E-state index is -0.700. The van der Waals surface area contributed by atoms with Crippen LogP contribution < -0.4 is 0 Å². The molecule has 0 bridgehead atoms. The van der Waals surface area contributed by atoms with E-state index in [1.807, 2.05) is 36.1 Å². The number of nitrogens with zero attached hydrogens (tertiary/aromatic N) is 6. The molecule has 1 aliphatic heterocycles. The summed E-state index contributed by atoms with van der Waals surface area (Å²) >= 11 is 10.2. The monoisotopic (exact) mass is 404 g/mol. The molecular formula is C17H17ClN6O2S. The van der Waals surface area contributed by atoms with Gasteiger partial charge in [0, 0.05) is 30.7 Å². The maximum atomic E-state index is 11.0. The quantitative estimate of drug-likeness (QED) is 0.206. The van der Waals surface area contributed by atoms with Crippen molar-refractivity contribution in [2.45, 2.75) is 18.4 Å². The Kier molecular flexibility index (Phi) is 5.92. The zero-order valence-electron chi connectivity index (χ0n) is 14.5. The number of nitro groups is 1. The Bertz CT molecular complexity index is 903. The first kappa shape index (κ1) is 19.1. The van der Waals surface area contributed by atoms with Crippen LogP contribution in [-0.2, 0) is 6.54 Å². The first-order chi connectivity index (χ1) is 12.9. The van der Waals surface area contributed by atoms with E-state index in [-0.39, 0.29) is 5.96 Å². The Hall–Kier alpha value is -2.65. The third kappa shape index (κ3) is 4.75. The Labute approximate surface area is 166 Å². The molecule has 0 aliphatic carbocycles. The summed E-state index contributed by atoms with van der Waals surface area (Å²) in [7, 11) is 0. The van der Waals surface area contributed by atoms with Crippen molar-refractivity contribution in [3.63, 3.8) is 0 Å². The van der Waals surface area contributed by atoms with Crippen molar-refractivity contribution in [2.24, 2.45) is 10.1 Å². The minimum absolute atomic E-state index is 0.235. The molecule has 3 rings (SSSR count). The van der Waals surface area contributed by atoms with E-state index in [9.17, 15) is 10.1 Å². The number of pyridine rings is 1. The number of halogens is 1. The highest BCUT2D eigenvalue weighted by atomic mass is 35.5. The SMILES string of the molecule is Cc1c(S)cccc1N=CN1CCN(Cc2ccc(Cl)nc2)C1=N[N+](=O)[O-]. The van der Waals surface area contributed by atoms with Crippen molar-refractivity contribution >= 4 is 42.2 Å². The Morgan fingerprint density at radius 1 is 1.37 bits per heavy atom. The second kappa shape index (κ2) is 8.36. The van der Waals surface area contributed by atoms with E-state index in [4.69, 9.17) is 11.6 Å². The van der Waals surface area contributed by atoms with Crippen LogP contribution in [0.4, 0.5) is 5.69 Å². The molecule has 1 aliphatic rings. The first-order valence-electron chi connectivity index (χ1n) is 8.12. The molecule has 10 heteroatoms. The van der Waals surface area contributed by atoms with Crippen LogP contribution >= 0.6 is 24.2 Å². The summed E-state index contributed by atoms with van der Waals surface area (Å²) in [6.45, 7) is 3.47. The normalized spacial score (nSPS) is 15.9. The third-order valence-corrected chi connectivity index (χ3v) is 4.80. The van der Waals surface area contributed by atoms with Gasteiger partial charge in [0.25, 0.3) is 5.96 Å². The summed E-state index contributed by atoms with van der Waals surface area (Å²) < 4.78 is 0. The lowest BCUT2D eigenvalue weighted by Crippen LogP contribution is -2.33. The Morgan fingerprint density at radius 2 is 2.19 bits per heavy atom. The topological polar surface area (TPSA) is 87.2 Å². The predicted octanol–water partition coefficient (Wildman–Crippen LogP) is 3.36. The molecule has 1 saturated heterocycles. The van der Waals surface area contributed by atoms with Gasteiger partial charge in [0.1, 0.15) is 10.3 Å². The van der Waals surface area contributed by atoms with E-state index in [1.54, 1.807) is 23.5 Å². The molecule has 0 spiro atoms. The fourth-order valence-electron chi connectivity index (χ4n) is 2.67. The van der Waals surface area contributed by atoms with E-state index in [1.165, 1.54) is 0 Å². The number of aliphatic imine (C=N–C) groups is 1. The van der Waals surface area contributed by atoms with Gasteiger partial charge in [-0.2, -0.15) is 0 Å². The minimum Gasteiger partial charge on any atom is -0.331 e. The van der Waals surface area contributed by atoms with Gasteiger partial charge in [0.05, 0.1) is 12.0 Å². The van der Waals surface area contributed by atoms with Crippen molar-refractivity contribution < 1.29 is 5.03 Å². The molecule has 1 aromatic heterocycles. The summed E-state index contributed by atoms with van der Waals surface area (Å²) in [5.41, 5.74) is 2.57. The Morgan fingerprint density at radius 3 is 2.89 bits per heavy atom. The number of hydrazone groups is 1. The van der Waals surface area contributed by atoms with Gasteiger partial charge in [-0.05, 0) is 36.2 Å². The van der Waals surface area contributed by atoms with Crippen molar-refractivity contribution in [1.29, 1.82) is 0 Å².